The molecule has 7 heterocycles. The molecule has 4 aromatic heterocycles. The van der Waals surface area contributed by atoms with Crippen LogP contribution in [0.15, 0.2) is 29.7 Å². The summed E-state index contributed by atoms with van der Waals surface area (Å²) >= 11 is 0. The molecule has 9 atom stereocenters. The van der Waals surface area contributed by atoms with Gasteiger partial charge in [-0.2, -0.15) is 4.98 Å². The topological polar surface area (TPSA) is 276 Å². The zero-order valence-corrected chi connectivity index (χ0v) is 23.9. The van der Waals surface area contributed by atoms with Crippen LogP contribution in [0.4, 0.5) is 16.0 Å². The number of hydrogen-bond acceptors (Lipinski definition) is 15. The largest absolute Gasteiger partial charge is 0.472 e. The van der Waals surface area contributed by atoms with Crippen molar-refractivity contribution >= 4 is 49.6 Å². The van der Waals surface area contributed by atoms with Crippen molar-refractivity contribution in [1.82, 2.24) is 34.1 Å². The van der Waals surface area contributed by atoms with E-state index in [9.17, 15) is 23.7 Å². The van der Waals surface area contributed by atoms with Crippen LogP contribution in [-0.4, -0.2) is 87.6 Å². The minimum atomic E-state index is -5.00. The van der Waals surface area contributed by atoms with Gasteiger partial charge in [0, 0.05) is 12.6 Å². The number of phosphoric ester groups is 2. The lowest BCUT2D eigenvalue weighted by atomic mass is 10.1. The van der Waals surface area contributed by atoms with Crippen molar-refractivity contribution in [3.63, 3.8) is 0 Å². The maximum Gasteiger partial charge on any atom is 0.472 e. The summed E-state index contributed by atoms with van der Waals surface area (Å²) in [6.07, 6.45) is -6.87. The number of hydrogen-bond donors (Lipinski definition) is 5. The van der Waals surface area contributed by atoms with Gasteiger partial charge in [0.25, 0.3) is 5.56 Å². The van der Waals surface area contributed by atoms with Crippen molar-refractivity contribution in [2.24, 2.45) is 0 Å². The fraction of sp³-hybridized carbons (Fsp3) is 0.476. The van der Waals surface area contributed by atoms with E-state index in [0.717, 1.165) is 0 Å². The van der Waals surface area contributed by atoms with Gasteiger partial charge in [0.05, 0.1) is 37.7 Å². The molecule has 0 aromatic carbocycles. The van der Waals surface area contributed by atoms with E-state index in [1.54, 1.807) is 0 Å². The molecule has 2 bridgehead atoms. The molecule has 0 saturated carbocycles. The maximum atomic E-state index is 15.9. The number of nitrogens with two attached hydrogens (primary N) is 2. The van der Waals surface area contributed by atoms with Crippen LogP contribution in [0.2, 0.25) is 0 Å². The Balaban J connectivity index is 1.19. The Labute approximate surface area is 244 Å². The second-order valence-electron chi connectivity index (χ2n) is 10.1. The highest BCUT2D eigenvalue weighted by atomic mass is 31.2. The fourth-order valence-electron chi connectivity index (χ4n) is 5.34. The van der Waals surface area contributed by atoms with Gasteiger partial charge in [0.1, 0.15) is 23.8 Å². The molecule has 4 aromatic rings. The summed E-state index contributed by atoms with van der Waals surface area (Å²) in [5.41, 5.74) is 11.5. The van der Waals surface area contributed by atoms with Gasteiger partial charge in [0.2, 0.25) is 5.95 Å². The average molecular weight is 659 g/mol. The van der Waals surface area contributed by atoms with Crippen molar-refractivity contribution in [2.75, 3.05) is 24.7 Å². The van der Waals surface area contributed by atoms with Crippen molar-refractivity contribution < 1.29 is 50.9 Å². The number of imidazole rings is 2. The lowest BCUT2D eigenvalue weighted by Crippen LogP contribution is -2.34. The van der Waals surface area contributed by atoms with E-state index in [0.29, 0.717) is 0 Å². The molecule has 3 saturated heterocycles. The Hall–Kier alpha value is -3.36. The van der Waals surface area contributed by atoms with Gasteiger partial charge in [-0.05, 0) is 6.07 Å². The van der Waals surface area contributed by atoms with Crippen LogP contribution in [0.25, 0.3) is 22.3 Å². The number of aromatic nitrogens is 7. The number of alkyl halides is 1. The Bertz CT molecular complexity index is 1900. The van der Waals surface area contributed by atoms with E-state index in [-0.39, 0.29) is 40.4 Å². The summed E-state index contributed by atoms with van der Waals surface area (Å²) in [4.78, 5) is 52.1. The van der Waals surface area contributed by atoms with E-state index in [1.807, 2.05) is 0 Å². The van der Waals surface area contributed by atoms with E-state index < -0.39 is 77.5 Å². The summed E-state index contributed by atoms with van der Waals surface area (Å²) in [5, 5.41) is 0. The highest BCUT2D eigenvalue weighted by Crippen LogP contribution is 2.54. The first-order valence-corrected chi connectivity index (χ1v) is 15.9. The molecule has 0 amide bonds. The molecule has 7 N–H and O–H groups in total. The van der Waals surface area contributed by atoms with Crippen LogP contribution in [0, 0.1) is 0 Å². The third-order valence-corrected chi connectivity index (χ3v) is 9.25. The molecule has 23 heteroatoms. The average Bonchev–Trinajstić information content (AvgIpc) is 3.72. The second-order valence-corrected chi connectivity index (χ2v) is 12.9. The SMILES string of the molecule is Nc1nc2c(ncn2[C@@H]2O[C@@H]3COP(=O)(O)OC4[C@@H](COP(=O)(O)O[C@H]2C3)O[C@@H](n2cnc3c(N)ccnc32)[C@H]4F)c(=O)[nH]1. The zero-order chi connectivity index (χ0) is 31.0. The van der Waals surface area contributed by atoms with Crippen LogP contribution in [0.5, 0.6) is 0 Å². The van der Waals surface area contributed by atoms with Gasteiger partial charge in [-0.25, -0.2) is 28.5 Å². The van der Waals surface area contributed by atoms with Crippen molar-refractivity contribution in [2.45, 2.75) is 49.5 Å². The van der Waals surface area contributed by atoms with Crippen molar-refractivity contribution in [3.8, 4) is 0 Å². The molecule has 3 aliphatic heterocycles. The number of H-pyrrole nitrogens is 1. The molecule has 3 aliphatic rings. The number of aromatic amines is 1. The van der Waals surface area contributed by atoms with E-state index in [1.165, 1.54) is 34.1 Å². The van der Waals surface area contributed by atoms with E-state index in [2.05, 4.69) is 24.9 Å². The van der Waals surface area contributed by atoms with Crippen molar-refractivity contribution in [3.05, 3.63) is 35.3 Å². The first kappa shape index (κ1) is 29.4. The summed E-state index contributed by atoms with van der Waals surface area (Å²) in [6.45, 7) is -1.40. The number of ether oxygens (including phenoxy) is 2. The van der Waals surface area contributed by atoms with Gasteiger partial charge >= 0.3 is 15.6 Å². The molecule has 236 valence electrons. The number of fused-ring (bicyclic) bond motifs is 5. The molecule has 0 radical (unpaired) electrons. The minimum absolute atomic E-state index is 0.0251. The Morgan fingerprint density at radius 3 is 2.43 bits per heavy atom. The lowest BCUT2D eigenvalue weighted by molar-refractivity contribution is -0.0668. The summed E-state index contributed by atoms with van der Waals surface area (Å²) in [6, 6.07) is 1.50. The predicted molar refractivity (Wildman–Crippen MR) is 143 cm³/mol. The highest BCUT2D eigenvalue weighted by molar-refractivity contribution is 7.47. The minimum Gasteiger partial charge on any atom is -0.397 e. The monoisotopic (exact) mass is 659 g/mol. The number of anilines is 2. The quantitative estimate of drug-likeness (QED) is 0.181. The number of nitrogens with one attached hydrogen (secondary N) is 1. The number of halogens is 1. The molecule has 20 nitrogen and oxygen atoms in total. The number of pyridine rings is 1. The van der Waals surface area contributed by atoms with Crippen LogP contribution in [0.3, 0.4) is 0 Å². The van der Waals surface area contributed by atoms with Gasteiger partial charge in [-0.15, -0.1) is 0 Å². The van der Waals surface area contributed by atoms with Gasteiger partial charge in [-0.3, -0.25) is 37.0 Å². The third kappa shape index (κ3) is 5.20. The molecule has 0 spiro atoms. The van der Waals surface area contributed by atoms with Gasteiger partial charge < -0.3 is 30.7 Å². The molecule has 7 rings (SSSR count). The Morgan fingerprint density at radius 2 is 1.64 bits per heavy atom. The summed E-state index contributed by atoms with van der Waals surface area (Å²) in [7, 11) is -9.95. The third-order valence-electron chi connectivity index (χ3n) is 7.25. The molecular formula is C21H24FN9O11P2. The van der Waals surface area contributed by atoms with Crippen LogP contribution >= 0.6 is 15.6 Å². The maximum absolute atomic E-state index is 15.9. The number of rotatable bonds is 2. The van der Waals surface area contributed by atoms with Crippen molar-refractivity contribution in [1.29, 1.82) is 0 Å². The van der Waals surface area contributed by atoms with E-state index in [4.69, 9.17) is 39.0 Å². The summed E-state index contributed by atoms with van der Waals surface area (Å²) < 4.78 is 77.0. The first-order valence-electron chi connectivity index (χ1n) is 12.9. The van der Waals surface area contributed by atoms with E-state index >= 15 is 4.39 Å². The number of nitrogen functional groups attached to an aromatic ring is 2. The molecule has 44 heavy (non-hydrogen) atoms. The Kier molecular flexibility index (Phi) is 7.09. The van der Waals surface area contributed by atoms with Crippen LogP contribution in [-0.2, 0) is 36.7 Å². The standard InChI is InChI=1S/C21H24FN9O11P2/c22-12-15-11(40-20(12)30-6-26-13-9(23)1-2-25-16(13)30)5-38-43(33,34)41-10-3-8(4-37-44(35,36)42-15)39-19(10)31-7-27-14-17(31)28-21(24)29-18(14)32/h1-2,6-8,10-12,15,19-20H,3-5H2,(H2,23,25)(H,33,34)(H,35,36)(H3,24,28,29,32)/t8-,10-,11+,12-,15?,19+,20+/m0/s1. The fourth-order valence-corrected chi connectivity index (χ4v) is 7.24. The smallest absolute Gasteiger partial charge is 0.397 e. The molecular weight excluding hydrogens is 635 g/mol. The predicted octanol–water partition coefficient (Wildman–Crippen LogP) is 0.270. The summed E-state index contributed by atoms with van der Waals surface area (Å²) in [5.74, 6) is -0.227. The second kappa shape index (κ2) is 10.6. The number of phosphoric acid groups is 2. The van der Waals surface area contributed by atoms with Gasteiger partial charge in [0.15, 0.2) is 35.4 Å². The van der Waals surface area contributed by atoms with Gasteiger partial charge in [-0.1, -0.05) is 0 Å². The first-order chi connectivity index (χ1) is 20.9. The lowest BCUT2D eigenvalue weighted by Gasteiger charge is -2.25. The van der Waals surface area contributed by atoms with Crippen LogP contribution < -0.4 is 17.0 Å². The van der Waals surface area contributed by atoms with Crippen LogP contribution in [0.1, 0.15) is 18.9 Å². The molecule has 3 unspecified atom stereocenters. The normalized spacial score (nSPS) is 36.6. The molecule has 0 aliphatic carbocycles. The number of nitrogens with zero attached hydrogens (tertiary/aromatic N) is 6. The highest BCUT2D eigenvalue weighted by Gasteiger charge is 2.52. The zero-order valence-electron chi connectivity index (χ0n) is 22.2. The Morgan fingerprint density at radius 1 is 0.932 bits per heavy atom. The molecule has 3 fully saturated rings.